The normalized spacial score (nSPS) is 10.5. The number of benzene rings is 3. The van der Waals surface area contributed by atoms with Gasteiger partial charge in [-0.25, -0.2) is 9.18 Å². The van der Waals surface area contributed by atoms with E-state index < -0.39 is 5.82 Å². The van der Waals surface area contributed by atoms with Gasteiger partial charge in [0.15, 0.2) is 11.5 Å². The Balaban J connectivity index is 1.69. The highest BCUT2D eigenvalue weighted by molar-refractivity contribution is 9.10. The summed E-state index contributed by atoms with van der Waals surface area (Å²) >= 11 is 9.62. The summed E-state index contributed by atoms with van der Waals surface area (Å²) in [6.45, 7) is 2.57. The maximum atomic E-state index is 14.0. The lowest BCUT2D eigenvalue weighted by Crippen LogP contribution is -2.06. The minimum absolute atomic E-state index is 0.0290. The van der Waals surface area contributed by atoms with E-state index in [0.29, 0.717) is 35.2 Å². The number of carbonyl (C=O) groups excluding carboxylic acids is 1. The first-order valence-electron chi connectivity index (χ1n) is 9.86. The highest BCUT2D eigenvalue weighted by Crippen LogP contribution is 2.35. The maximum absolute atomic E-state index is 14.0. The van der Waals surface area contributed by atoms with Crippen molar-refractivity contribution < 1.29 is 23.4 Å². The molecule has 0 aromatic heterocycles. The zero-order valence-electron chi connectivity index (χ0n) is 17.6. The average Bonchev–Trinajstić information content (AvgIpc) is 2.78. The average molecular weight is 523 g/mol. The molecule has 0 heterocycles. The van der Waals surface area contributed by atoms with E-state index >= 15 is 0 Å². The van der Waals surface area contributed by atoms with Crippen molar-refractivity contribution in [1.82, 2.24) is 0 Å². The molecular weight excluding hydrogens is 501 g/mol. The van der Waals surface area contributed by atoms with Crippen LogP contribution in [0.15, 0.2) is 59.1 Å². The number of methoxy groups -OCH3 is 1. The number of carbonyl (C=O) groups is 1. The first-order valence-corrected chi connectivity index (χ1v) is 11.0. The van der Waals surface area contributed by atoms with Gasteiger partial charge in [0.05, 0.1) is 24.3 Å². The summed E-state index contributed by atoms with van der Waals surface area (Å²) in [6.07, 6.45) is 0. The van der Waals surface area contributed by atoms with Crippen molar-refractivity contribution in [2.24, 2.45) is 0 Å². The lowest BCUT2D eigenvalue weighted by molar-refractivity contribution is 0.0526. The zero-order valence-corrected chi connectivity index (χ0v) is 19.9. The molecule has 0 bridgehead atoms. The van der Waals surface area contributed by atoms with Gasteiger partial charge >= 0.3 is 5.97 Å². The number of nitrogens with one attached hydrogen (secondary N) is 1. The van der Waals surface area contributed by atoms with Crippen LogP contribution in [0.4, 0.5) is 10.1 Å². The molecule has 0 aliphatic rings. The van der Waals surface area contributed by atoms with E-state index in [9.17, 15) is 9.18 Å². The third-order valence-electron chi connectivity index (χ3n) is 4.65. The van der Waals surface area contributed by atoms with E-state index in [1.54, 1.807) is 37.3 Å². The van der Waals surface area contributed by atoms with Gasteiger partial charge in [0.25, 0.3) is 0 Å². The number of esters is 1. The first-order chi connectivity index (χ1) is 15.4. The van der Waals surface area contributed by atoms with Crippen LogP contribution in [0.2, 0.25) is 5.02 Å². The highest BCUT2D eigenvalue weighted by Gasteiger charge is 2.14. The molecule has 0 unspecified atom stereocenters. The largest absolute Gasteiger partial charge is 0.493 e. The van der Waals surface area contributed by atoms with Crippen LogP contribution in [0.5, 0.6) is 11.5 Å². The number of rotatable bonds is 9. The van der Waals surface area contributed by atoms with Gasteiger partial charge in [0, 0.05) is 22.3 Å². The van der Waals surface area contributed by atoms with Crippen molar-refractivity contribution in [2.75, 3.05) is 19.0 Å². The Hall–Kier alpha value is -2.77. The van der Waals surface area contributed by atoms with Gasteiger partial charge in [-0.05, 0) is 61.0 Å². The molecule has 3 aromatic rings. The number of anilines is 1. The van der Waals surface area contributed by atoms with Gasteiger partial charge in [0.1, 0.15) is 12.4 Å². The molecule has 0 amide bonds. The molecule has 3 rings (SSSR count). The van der Waals surface area contributed by atoms with Gasteiger partial charge in [-0.2, -0.15) is 0 Å². The Morgan fingerprint density at radius 2 is 1.88 bits per heavy atom. The van der Waals surface area contributed by atoms with E-state index in [-0.39, 0.29) is 18.1 Å². The van der Waals surface area contributed by atoms with Crippen molar-refractivity contribution in [1.29, 1.82) is 0 Å². The van der Waals surface area contributed by atoms with E-state index in [4.69, 9.17) is 25.8 Å². The summed E-state index contributed by atoms with van der Waals surface area (Å²) in [5, 5.41) is 3.60. The summed E-state index contributed by atoms with van der Waals surface area (Å²) in [4.78, 5) is 11.8. The minimum Gasteiger partial charge on any atom is -0.493 e. The molecule has 0 spiro atoms. The molecule has 32 heavy (non-hydrogen) atoms. The van der Waals surface area contributed by atoms with Gasteiger partial charge in [0.2, 0.25) is 0 Å². The Morgan fingerprint density at radius 3 is 2.53 bits per heavy atom. The Bertz CT molecular complexity index is 1070. The topological polar surface area (TPSA) is 56.8 Å². The predicted octanol–water partition coefficient (Wildman–Crippen LogP) is 6.62. The van der Waals surface area contributed by atoms with E-state index in [0.717, 1.165) is 15.7 Å². The van der Waals surface area contributed by atoms with Crippen LogP contribution in [0, 0.1) is 5.82 Å². The van der Waals surface area contributed by atoms with Crippen molar-refractivity contribution in [3.63, 3.8) is 0 Å². The van der Waals surface area contributed by atoms with Crippen LogP contribution in [-0.4, -0.2) is 19.7 Å². The number of halogens is 3. The van der Waals surface area contributed by atoms with Crippen molar-refractivity contribution in [3.8, 4) is 11.5 Å². The van der Waals surface area contributed by atoms with E-state index in [1.165, 1.54) is 13.2 Å². The molecule has 0 saturated heterocycles. The van der Waals surface area contributed by atoms with Crippen LogP contribution in [-0.2, 0) is 17.9 Å². The van der Waals surface area contributed by atoms with Crippen LogP contribution < -0.4 is 14.8 Å². The second kappa shape index (κ2) is 11.2. The fourth-order valence-corrected chi connectivity index (χ4v) is 3.62. The molecule has 3 aromatic carbocycles. The Labute approximate surface area is 199 Å². The molecule has 0 aliphatic carbocycles. The molecule has 0 radical (unpaired) electrons. The Kier molecular flexibility index (Phi) is 8.36. The molecule has 8 heteroatoms. The summed E-state index contributed by atoms with van der Waals surface area (Å²) < 4.78 is 31.0. The lowest BCUT2D eigenvalue weighted by atomic mass is 10.1. The number of hydrogen-bond donors (Lipinski definition) is 1. The van der Waals surface area contributed by atoms with Crippen LogP contribution in [0.1, 0.15) is 28.4 Å². The van der Waals surface area contributed by atoms with E-state index in [1.807, 2.05) is 18.2 Å². The number of hydrogen-bond acceptors (Lipinski definition) is 5. The second-order valence-corrected chi connectivity index (χ2v) is 8.00. The first kappa shape index (κ1) is 23.9. The molecule has 5 nitrogen and oxygen atoms in total. The fraction of sp³-hybridized carbons (Fsp3) is 0.208. The maximum Gasteiger partial charge on any atom is 0.338 e. The third-order valence-corrected chi connectivity index (χ3v) is 5.74. The molecule has 0 aliphatic heterocycles. The molecule has 1 N–H and O–H groups in total. The fourth-order valence-electron chi connectivity index (χ4n) is 2.94. The quantitative estimate of drug-likeness (QED) is 0.320. The second-order valence-electron chi connectivity index (χ2n) is 6.73. The summed E-state index contributed by atoms with van der Waals surface area (Å²) in [6, 6.07) is 15.2. The smallest absolute Gasteiger partial charge is 0.338 e. The number of ether oxygens (including phenoxy) is 3. The summed E-state index contributed by atoms with van der Waals surface area (Å²) in [5.74, 6) is 0.195. The summed E-state index contributed by atoms with van der Waals surface area (Å²) in [5.41, 5.74) is 2.55. The minimum atomic E-state index is -0.426. The predicted molar refractivity (Wildman–Crippen MR) is 126 cm³/mol. The molecular formula is C24H22BrClFNO4. The van der Waals surface area contributed by atoms with Gasteiger partial charge < -0.3 is 19.5 Å². The SMILES string of the molecule is CCOC(=O)c1ccc(NCc2cc(OC)c(OCc3c(F)cccc3Cl)cc2Br)cc1. The van der Waals surface area contributed by atoms with Crippen LogP contribution in [0.25, 0.3) is 0 Å². The van der Waals surface area contributed by atoms with Crippen molar-refractivity contribution in [2.45, 2.75) is 20.1 Å². The standard InChI is InChI=1S/C24H22BrClFNO4/c1-3-31-24(29)15-7-9-17(10-8-15)28-13-16-11-22(30-2)23(12-19(16)25)32-14-18-20(26)5-4-6-21(18)27/h4-12,28H,3,13-14H2,1-2H3. The van der Waals surface area contributed by atoms with Gasteiger partial charge in [-0.3, -0.25) is 0 Å². The summed E-state index contributed by atoms with van der Waals surface area (Å²) in [7, 11) is 1.54. The van der Waals surface area contributed by atoms with Gasteiger partial charge in [-0.1, -0.05) is 33.6 Å². The molecule has 168 valence electrons. The van der Waals surface area contributed by atoms with Crippen molar-refractivity contribution >= 4 is 39.2 Å². The zero-order chi connectivity index (χ0) is 23.1. The highest BCUT2D eigenvalue weighted by atomic mass is 79.9. The third kappa shape index (κ3) is 5.93. The van der Waals surface area contributed by atoms with E-state index in [2.05, 4.69) is 21.2 Å². The van der Waals surface area contributed by atoms with Crippen molar-refractivity contribution in [3.05, 3.63) is 86.6 Å². The molecule has 0 saturated carbocycles. The van der Waals surface area contributed by atoms with Crippen LogP contribution >= 0.6 is 27.5 Å². The lowest BCUT2D eigenvalue weighted by Gasteiger charge is -2.15. The Morgan fingerprint density at radius 1 is 1.12 bits per heavy atom. The molecule has 0 fully saturated rings. The monoisotopic (exact) mass is 521 g/mol. The molecule has 0 atom stereocenters. The van der Waals surface area contributed by atoms with Crippen LogP contribution in [0.3, 0.4) is 0 Å². The van der Waals surface area contributed by atoms with Gasteiger partial charge in [-0.15, -0.1) is 0 Å².